The van der Waals surface area contributed by atoms with Gasteiger partial charge in [0.25, 0.3) is 5.91 Å². The molecule has 1 aromatic carbocycles. The highest BCUT2D eigenvalue weighted by Gasteiger charge is 2.50. The van der Waals surface area contributed by atoms with Crippen molar-refractivity contribution in [3.63, 3.8) is 0 Å². The molecule has 29 heavy (non-hydrogen) atoms. The van der Waals surface area contributed by atoms with Gasteiger partial charge in [0.15, 0.2) is 0 Å². The van der Waals surface area contributed by atoms with Crippen LogP contribution in [0.4, 0.5) is 0 Å². The number of ether oxygens (including phenoxy) is 1. The molecule has 3 rings (SSSR count). The number of rotatable bonds is 8. The Morgan fingerprint density at radius 3 is 2.41 bits per heavy atom. The summed E-state index contributed by atoms with van der Waals surface area (Å²) in [4.78, 5) is 32.8. The van der Waals surface area contributed by atoms with Crippen LogP contribution in [-0.2, 0) is 9.53 Å². The fourth-order valence-corrected chi connectivity index (χ4v) is 4.12. The first-order valence-electron chi connectivity index (χ1n) is 9.71. The number of likely N-dealkylation sites (tertiary alicyclic amines) is 1. The maximum Gasteiger partial charge on any atom is 0.254 e. The van der Waals surface area contributed by atoms with Gasteiger partial charge in [-0.3, -0.25) is 14.6 Å². The summed E-state index contributed by atoms with van der Waals surface area (Å²) in [5.41, 5.74) is 1.59. The number of hydrogen-bond donors (Lipinski definition) is 1. The van der Waals surface area contributed by atoms with E-state index in [-0.39, 0.29) is 36.4 Å². The number of amides is 2. The van der Waals surface area contributed by atoms with Crippen molar-refractivity contribution in [2.24, 2.45) is 0 Å². The van der Waals surface area contributed by atoms with Gasteiger partial charge in [-0.2, -0.15) is 0 Å². The van der Waals surface area contributed by atoms with E-state index in [1.54, 1.807) is 41.4 Å². The molecule has 1 aromatic heterocycles. The van der Waals surface area contributed by atoms with Crippen LogP contribution in [0.2, 0.25) is 0 Å². The van der Waals surface area contributed by atoms with E-state index in [9.17, 15) is 14.7 Å². The van der Waals surface area contributed by atoms with Crippen LogP contribution in [0.25, 0.3) is 0 Å². The second-order valence-electron chi connectivity index (χ2n) is 7.16. The standard InChI is InChI=1S/C22H27N3O4/c1-16(27)25-19(21(20(25)15-26)17-6-4-3-5-7-17)14-24(12-13-29-2)22(28)18-8-10-23-11-9-18/h3-11,19-21,26H,12-15H2,1-2H3/t19-,20-,21+/m0/s1. The van der Waals surface area contributed by atoms with E-state index in [2.05, 4.69) is 4.98 Å². The van der Waals surface area contributed by atoms with Crippen molar-refractivity contribution in [2.45, 2.75) is 24.9 Å². The molecule has 1 fully saturated rings. The van der Waals surface area contributed by atoms with E-state index >= 15 is 0 Å². The summed E-state index contributed by atoms with van der Waals surface area (Å²) < 4.78 is 5.19. The van der Waals surface area contributed by atoms with Gasteiger partial charge in [0.1, 0.15) is 0 Å². The number of aliphatic hydroxyl groups excluding tert-OH is 1. The largest absolute Gasteiger partial charge is 0.394 e. The Bertz CT molecular complexity index is 815. The van der Waals surface area contributed by atoms with E-state index in [0.29, 0.717) is 25.3 Å². The van der Waals surface area contributed by atoms with Gasteiger partial charge in [-0.15, -0.1) is 0 Å². The van der Waals surface area contributed by atoms with Gasteiger partial charge in [-0.05, 0) is 17.7 Å². The predicted molar refractivity (Wildman–Crippen MR) is 108 cm³/mol. The quantitative estimate of drug-likeness (QED) is 0.731. The second-order valence-corrected chi connectivity index (χ2v) is 7.16. The summed E-state index contributed by atoms with van der Waals surface area (Å²) in [5, 5.41) is 9.92. The van der Waals surface area contributed by atoms with Gasteiger partial charge in [-0.25, -0.2) is 0 Å². The molecule has 2 heterocycles. The van der Waals surface area contributed by atoms with Crippen molar-refractivity contribution < 1.29 is 19.4 Å². The number of hydrogen-bond acceptors (Lipinski definition) is 5. The highest BCUT2D eigenvalue weighted by Crippen LogP contribution is 2.41. The Balaban J connectivity index is 1.88. The number of aliphatic hydroxyl groups is 1. The Kier molecular flexibility index (Phi) is 6.95. The van der Waals surface area contributed by atoms with E-state index in [0.717, 1.165) is 5.56 Å². The van der Waals surface area contributed by atoms with Gasteiger partial charge in [0.2, 0.25) is 5.91 Å². The third kappa shape index (κ3) is 4.46. The fourth-order valence-electron chi connectivity index (χ4n) is 4.12. The summed E-state index contributed by atoms with van der Waals surface area (Å²) in [5.74, 6) is -0.281. The number of aromatic nitrogens is 1. The van der Waals surface area contributed by atoms with E-state index in [4.69, 9.17) is 4.74 Å². The van der Waals surface area contributed by atoms with Crippen LogP contribution < -0.4 is 0 Å². The van der Waals surface area contributed by atoms with E-state index in [1.165, 1.54) is 6.92 Å². The molecule has 1 N–H and O–H groups in total. The van der Waals surface area contributed by atoms with Crippen molar-refractivity contribution >= 4 is 11.8 Å². The van der Waals surface area contributed by atoms with Crippen molar-refractivity contribution in [1.29, 1.82) is 0 Å². The molecule has 0 unspecified atom stereocenters. The monoisotopic (exact) mass is 397 g/mol. The highest BCUT2D eigenvalue weighted by molar-refractivity contribution is 5.94. The van der Waals surface area contributed by atoms with Crippen LogP contribution in [0.15, 0.2) is 54.9 Å². The molecule has 7 nitrogen and oxygen atoms in total. The summed E-state index contributed by atoms with van der Waals surface area (Å²) in [6.45, 7) is 2.54. The van der Waals surface area contributed by atoms with Crippen molar-refractivity contribution in [2.75, 3.05) is 33.4 Å². The number of pyridine rings is 1. The zero-order chi connectivity index (χ0) is 20.8. The van der Waals surface area contributed by atoms with Gasteiger partial charge >= 0.3 is 0 Å². The lowest BCUT2D eigenvalue weighted by atomic mass is 9.74. The maximum atomic E-state index is 13.1. The van der Waals surface area contributed by atoms with Crippen LogP contribution in [0, 0.1) is 0 Å². The van der Waals surface area contributed by atoms with Crippen LogP contribution in [-0.4, -0.2) is 77.2 Å². The summed E-state index contributed by atoms with van der Waals surface area (Å²) in [6.07, 6.45) is 3.17. The Morgan fingerprint density at radius 1 is 1.14 bits per heavy atom. The zero-order valence-electron chi connectivity index (χ0n) is 16.8. The number of methoxy groups -OCH3 is 1. The lowest BCUT2D eigenvalue weighted by Crippen LogP contribution is -2.68. The lowest BCUT2D eigenvalue weighted by molar-refractivity contribution is -0.149. The number of carbonyl (C=O) groups is 2. The molecule has 0 bridgehead atoms. The molecule has 3 atom stereocenters. The molecule has 0 saturated carbocycles. The first-order valence-corrected chi connectivity index (χ1v) is 9.71. The summed E-state index contributed by atoms with van der Waals surface area (Å²) in [7, 11) is 1.59. The minimum atomic E-state index is -0.291. The molecule has 0 spiro atoms. The third-order valence-corrected chi connectivity index (χ3v) is 5.47. The SMILES string of the molecule is COCCN(C[C@H]1[C@@H](c2ccccc2)[C@H](CO)N1C(C)=O)C(=O)c1ccncc1. The molecule has 0 radical (unpaired) electrons. The predicted octanol–water partition coefficient (Wildman–Crippen LogP) is 1.55. The third-order valence-electron chi connectivity index (χ3n) is 5.47. The topological polar surface area (TPSA) is 83.0 Å². The average molecular weight is 397 g/mol. The van der Waals surface area contributed by atoms with Crippen LogP contribution in [0.5, 0.6) is 0 Å². The van der Waals surface area contributed by atoms with Crippen LogP contribution >= 0.6 is 0 Å². The second kappa shape index (κ2) is 9.62. The fraction of sp³-hybridized carbons (Fsp3) is 0.409. The molecule has 1 aliphatic heterocycles. The smallest absolute Gasteiger partial charge is 0.254 e. The van der Waals surface area contributed by atoms with Crippen molar-refractivity contribution in [3.8, 4) is 0 Å². The minimum absolute atomic E-state index is 0.0413. The number of nitrogens with zero attached hydrogens (tertiary/aromatic N) is 3. The van der Waals surface area contributed by atoms with Crippen molar-refractivity contribution in [3.05, 3.63) is 66.0 Å². The molecular weight excluding hydrogens is 370 g/mol. The summed E-state index contributed by atoms with van der Waals surface area (Å²) in [6, 6.07) is 12.7. The Hall–Kier alpha value is -2.77. The normalized spacial score (nSPS) is 20.8. The first kappa shape index (κ1) is 21.0. The molecule has 154 valence electrons. The first-order chi connectivity index (χ1) is 14.1. The van der Waals surface area contributed by atoms with Crippen LogP contribution in [0.3, 0.4) is 0 Å². The zero-order valence-corrected chi connectivity index (χ0v) is 16.8. The average Bonchev–Trinajstić information content (AvgIpc) is 2.73. The van der Waals surface area contributed by atoms with E-state index < -0.39 is 0 Å². The highest BCUT2D eigenvalue weighted by atomic mass is 16.5. The molecule has 0 aliphatic carbocycles. The minimum Gasteiger partial charge on any atom is -0.394 e. The van der Waals surface area contributed by atoms with Gasteiger partial charge in [0, 0.05) is 51.0 Å². The molecule has 1 aliphatic rings. The van der Waals surface area contributed by atoms with Gasteiger partial charge < -0.3 is 19.6 Å². The maximum absolute atomic E-state index is 13.1. The Labute approximate surface area is 170 Å². The van der Waals surface area contributed by atoms with E-state index in [1.807, 2.05) is 30.3 Å². The molecule has 2 aromatic rings. The van der Waals surface area contributed by atoms with Crippen LogP contribution in [0.1, 0.15) is 28.8 Å². The summed E-state index contributed by atoms with van der Waals surface area (Å²) >= 11 is 0. The number of benzene rings is 1. The molecular formula is C22H27N3O4. The molecule has 2 amide bonds. The number of carbonyl (C=O) groups excluding carboxylic acids is 2. The Morgan fingerprint density at radius 2 is 1.83 bits per heavy atom. The van der Waals surface area contributed by atoms with Gasteiger partial charge in [0.05, 0.1) is 25.3 Å². The van der Waals surface area contributed by atoms with Gasteiger partial charge in [-0.1, -0.05) is 30.3 Å². The lowest BCUT2D eigenvalue weighted by Gasteiger charge is -2.55. The molecule has 1 saturated heterocycles. The molecule has 7 heteroatoms. The van der Waals surface area contributed by atoms with Crippen molar-refractivity contribution in [1.82, 2.24) is 14.8 Å².